The third-order valence-corrected chi connectivity index (χ3v) is 7.46. The van der Waals surface area contributed by atoms with Gasteiger partial charge < -0.3 is 4.74 Å². The van der Waals surface area contributed by atoms with Crippen molar-refractivity contribution in [2.75, 3.05) is 19.7 Å². The first-order valence-electron chi connectivity index (χ1n) is 9.12. The summed E-state index contributed by atoms with van der Waals surface area (Å²) in [7, 11) is -3.04. The predicted octanol–water partition coefficient (Wildman–Crippen LogP) is 2.73. The van der Waals surface area contributed by atoms with E-state index >= 15 is 0 Å². The van der Waals surface area contributed by atoms with E-state index in [0.29, 0.717) is 31.5 Å². The quantitative estimate of drug-likeness (QED) is 0.778. The smallest absolute Gasteiger partial charge is 0.216 e. The first kappa shape index (κ1) is 17.4. The van der Waals surface area contributed by atoms with Crippen molar-refractivity contribution in [3.63, 3.8) is 0 Å². The fourth-order valence-corrected chi connectivity index (χ4v) is 5.17. The molecule has 7 heteroatoms. The van der Waals surface area contributed by atoms with Gasteiger partial charge in [0.25, 0.3) is 0 Å². The fraction of sp³-hybridized carbons (Fsp3) is 0.474. The van der Waals surface area contributed by atoms with Gasteiger partial charge in [-0.1, -0.05) is 30.3 Å². The molecule has 0 radical (unpaired) electrons. The molecule has 0 N–H and O–H groups in total. The van der Waals surface area contributed by atoms with Crippen LogP contribution >= 0.6 is 0 Å². The Morgan fingerprint density at radius 3 is 2.46 bits per heavy atom. The molecular formula is C19H23N3O3S. The maximum Gasteiger partial charge on any atom is 0.216 e. The zero-order valence-corrected chi connectivity index (χ0v) is 15.4. The van der Waals surface area contributed by atoms with Crippen LogP contribution in [0.3, 0.4) is 0 Å². The fourth-order valence-electron chi connectivity index (χ4n) is 3.30. The number of hydrogen-bond donors (Lipinski definition) is 0. The summed E-state index contributed by atoms with van der Waals surface area (Å²) < 4.78 is 32.1. The van der Waals surface area contributed by atoms with E-state index in [1.54, 1.807) is 4.31 Å². The molecule has 2 fully saturated rings. The molecule has 0 spiro atoms. The highest BCUT2D eigenvalue weighted by Gasteiger charge is 2.41. The molecule has 1 aliphatic carbocycles. The Morgan fingerprint density at radius 2 is 1.77 bits per heavy atom. The molecule has 2 aliphatic rings. The van der Waals surface area contributed by atoms with Crippen LogP contribution in [0.1, 0.15) is 25.7 Å². The normalized spacial score (nSPS) is 19.4. The van der Waals surface area contributed by atoms with Crippen molar-refractivity contribution in [3.05, 3.63) is 42.7 Å². The average Bonchev–Trinajstić information content (AvgIpc) is 3.54. The Balaban J connectivity index is 1.31. The third-order valence-electron chi connectivity index (χ3n) is 5.06. The van der Waals surface area contributed by atoms with E-state index in [1.165, 1.54) is 6.33 Å². The second-order valence-corrected chi connectivity index (χ2v) is 9.22. The number of piperidine rings is 1. The molecule has 1 saturated carbocycles. The predicted molar refractivity (Wildman–Crippen MR) is 99.2 cm³/mol. The van der Waals surface area contributed by atoms with Gasteiger partial charge in [0.05, 0.1) is 17.6 Å². The highest BCUT2D eigenvalue weighted by molar-refractivity contribution is 7.90. The minimum Gasteiger partial charge on any atom is -0.477 e. The van der Waals surface area contributed by atoms with Gasteiger partial charge in [-0.2, -0.15) is 0 Å². The van der Waals surface area contributed by atoms with Gasteiger partial charge in [-0.05, 0) is 31.6 Å². The average molecular weight is 373 g/mol. The monoisotopic (exact) mass is 373 g/mol. The van der Waals surface area contributed by atoms with Crippen LogP contribution in [0.4, 0.5) is 0 Å². The van der Waals surface area contributed by atoms with Gasteiger partial charge in [0.2, 0.25) is 15.9 Å². The second kappa shape index (κ2) is 7.32. The van der Waals surface area contributed by atoms with Gasteiger partial charge >= 0.3 is 0 Å². The zero-order valence-electron chi connectivity index (χ0n) is 14.6. The molecule has 1 aromatic heterocycles. The lowest BCUT2D eigenvalue weighted by Crippen LogP contribution is -2.41. The summed E-state index contributed by atoms with van der Waals surface area (Å²) in [5.74, 6) is 0.919. The lowest BCUT2D eigenvalue weighted by molar-refractivity contribution is 0.181. The van der Waals surface area contributed by atoms with Crippen molar-refractivity contribution < 1.29 is 13.2 Å². The molecule has 0 amide bonds. The zero-order chi connectivity index (χ0) is 18.0. The largest absolute Gasteiger partial charge is 0.477 e. The first-order chi connectivity index (χ1) is 12.6. The third kappa shape index (κ3) is 3.88. The summed E-state index contributed by atoms with van der Waals surface area (Å²) >= 11 is 0. The van der Waals surface area contributed by atoms with Crippen LogP contribution in [0.5, 0.6) is 5.88 Å². The van der Waals surface area contributed by atoms with Gasteiger partial charge in [0.15, 0.2) is 0 Å². The van der Waals surface area contributed by atoms with Crippen molar-refractivity contribution in [2.45, 2.75) is 30.9 Å². The standard InChI is InChI=1S/C19H23N3O3S/c23-26(24,17-6-7-17)22-10-8-15(9-11-22)13-25-19-12-18(20-14-21-19)16-4-2-1-3-5-16/h1-5,12,14-15,17H,6-11,13H2. The highest BCUT2D eigenvalue weighted by atomic mass is 32.2. The summed E-state index contributed by atoms with van der Waals surface area (Å²) in [5.41, 5.74) is 1.86. The van der Waals surface area contributed by atoms with E-state index in [-0.39, 0.29) is 5.25 Å². The van der Waals surface area contributed by atoms with Gasteiger partial charge in [-0.3, -0.25) is 0 Å². The maximum atomic E-state index is 12.3. The number of ether oxygens (including phenoxy) is 1. The van der Waals surface area contributed by atoms with Gasteiger partial charge in [-0.25, -0.2) is 22.7 Å². The Hall–Kier alpha value is -1.99. The van der Waals surface area contributed by atoms with Crippen molar-refractivity contribution >= 4 is 10.0 Å². The minimum absolute atomic E-state index is 0.118. The van der Waals surface area contributed by atoms with Gasteiger partial charge in [0, 0.05) is 24.7 Å². The molecule has 4 rings (SSSR count). The summed E-state index contributed by atoms with van der Waals surface area (Å²) in [6.07, 6.45) is 4.83. The van der Waals surface area contributed by atoms with Crippen LogP contribution < -0.4 is 4.74 Å². The molecular weight excluding hydrogens is 350 g/mol. The van der Waals surface area contributed by atoms with Crippen molar-refractivity contribution in [1.29, 1.82) is 0 Å². The molecule has 1 aromatic carbocycles. The highest BCUT2D eigenvalue weighted by Crippen LogP contribution is 2.33. The molecule has 6 nitrogen and oxygen atoms in total. The lowest BCUT2D eigenvalue weighted by Gasteiger charge is -2.31. The molecule has 1 saturated heterocycles. The van der Waals surface area contributed by atoms with Crippen LogP contribution in [-0.2, 0) is 10.0 Å². The lowest BCUT2D eigenvalue weighted by atomic mass is 9.99. The SMILES string of the molecule is O=S(=O)(C1CC1)N1CCC(COc2cc(-c3ccccc3)ncn2)CC1. The van der Waals surface area contributed by atoms with E-state index in [1.807, 2.05) is 36.4 Å². The van der Waals surface area contributed by atoms with Gasteiger partial charge in [-0.15, -0.1) is 0 Å². The van der Waals surface area contributed by atoms with Crippen LogP contribution in [-0.4, -0.2) is 47.6 Å². The van der Waals surface area contributed by atoms with E-state index in [0.717, 1.165) is 36.9 Å². The van der Waals surface area contributed by atoms with Crippen molar-refractivity contribution in [1.82, 2.24) is 14.3 Å². The van der Waals surface area contributed by atoms with E-state index in [9.17, 15) is 8.42 Å². The molecule has 138 valence electrons. The number of sulfonamides is 1. The number of nitrogens with zero attached hydrogens (tertiary/aromatic N) is 3. The van der Waals surface area contributed by atoms with Crippen molar-refractivity contribution in [2.24, 2.45) is 5.92 Å². The summed E-state index contributed by atoms with van der Waals surface area (Å²) in [5, 5.41) is -0.118. The molecule has 1 aliphatic heterocycles. The van der Waals surface area contributed by atoms with Crippen LogP contribution in [0.2, 0.25) is 0 Å². The Labute approximate surface area is 154 Å². The van der Waals surface area contributed by atoms with E-state index in [2.05, 4.69) is 9.97 Å². The number of hydrogen-bond acceptors (Lipinski definition) is 5. The maximum absolute atomic E-state index is 12.3. The van der Waals surface area contributed by atoms with Crippen LogP contribution in [0.25, 0.3) is 11.3 Å². The van der Waals surface area contributed by atoms with Crippen LogP contribution in [0, 0.1) is 5.92 Å². The molecule has 0 unspecified atom stereocenters. The Morgan fingerprint density at radius 1 is 1.04 bits per heavy atom. The molecule has 0 atom stereocenters. The summed E-state index contributed by atoms with van der Waals surface area (Å²) in [4.78, 5) is 8.49. The Bertz CT molecular complexity index is 845. The Kier molecular flexibility index (Phi) is 4.91. The topological polar surface area (TPSA) is 72.4 Å². The number of rotatable bonds is 6. The molecule has 2 heterocycles. The molecule has 26 heavy (non-hydrogen) atoms. The van der Waals surface area contributed by atoms with Crippen LogP contribution in [0.15, 0.2) is 42.7 Å². The van der Waals surface area contributed by atoms with E-state index < -0.39 is 10.0 Å². The molecule has 0 bridgehead atoms. The first-order valence-corrected chi connectivity index (χ1v) is 10.6. The summed E-state index contributed by atoms with van der Waals surface area (Å²) in [6.45, 7) is 1.76. The summed E-state index contributed by atoms with van der Waals surface area (Å²) in [6, 6.07) is 11.8. The number of benzene rings is 1. The second-order valence-electron chi connectivity index (χ2n) is 7.01. The van der Waals surface area contributed by atoms with Gasteiger partial charge in [0.1, 0.15) is 6.33 Å². The van der Waals surface area contributed by atoms with E-state index in [4.69, 9.17) is 4.74 Å². The minimum atomic E-state index is -3.04. The van der Waals surface area contributed by atoms with Crippen molar-refractivity contribution in [3.8, 4) is 17.1 Å². The number of aromatic nitrogens is 2. The molecule has 2 aromatic rings.